The van der Waals surface area contributed by atoms with Crippen LogP contribution >= 0.6 is 0 Å². The Bertz CT molecular complexity index is 2390. The third-order valence-corrected chi connectivity index (χ3v) is 9.70. The summed E-state index contributed by atoms with van der Waals surface area (Å²) in [5, 5.41) is 1.12. The molecule has 0 spiro atoms. The van der Waals surface area contributed by atoms with Gasteiger partial charge in [-0.25, -0.2) is 9.97 Å². The Labute approximate surface area is 291 Å². The van der Waals surface area contributed by atoms with Gasteiger partial charge in [0.15, 0.2) is 0 Å². The van der Waals surface area contributed by atoms with Gasteiger partial charge in [-0.1, -0.05) is 78.9 Å². The fourth-order valence-electron chi connectivity index (χ4n) is 7.14. The lowest BCUT2D eigenvalue weighted by Gasteiger charge is -2.26. The molecular weight excluding hydrogens is 611 g/mol. The van der Waals surface area contributed by atoms with Crippen molar-refractivity contribution < 1.29 is 0 Å². The highest BCUT2D eigenvalue weighted by molar-refractivity contribution is 6.06. The molecule has 4 aromatic heterocycles. The fraction of sp³-hybridized carbons (Fsp3) is 0.0889. The van der Waals surface area contributed by atoms with Gasteiger partial charge in [0.1, 0.15) is 0 Å². The molecule has 0 saturated carbocycles. The first-order valence-corrected chi connectivity index (χ1v) is 17.1. The van der Waals surface area contributed by atoms with E-state index in [1.165, 1.54) is 11.3 Å². The number of para-hydroxylation sites is 1. The van der Waals surface area contributed by atoms with Gasteiger partial charge in [-0.05, 0) is 96.1 Å². The molecule has 50 heavy (non-hydrogen) atoms. The van der Waals surface area contributed by atoms with Crippen LogP contribution in [0.15, 0.2) is 163 Å². The van der Waals surface area contributed by atoms with Crippen LogP contribution in [0.25, 0.3) is 66.9 Å². The second kappa shape index (κ2) is 12.9. The van der Waals surface area contributed by atoms with Crippen LogP contribution < -0.4 is 0 Å². The lowest BCUT2D eigenvalue weighted by Crippen LogP contribution is -2.20. The highest BCUT2D eigenvalue weighted by Gasteiger charge is 2.27. The Balaban J connectivity index is 1.09. The monoisotopic (exact) mass is 643 g/mol. The molecule has 0 N–H and O–H groups in total. The van der Waals surface area contributed by atoms with Crippen molar-refractivity contribution >= 4 is 22.3 Å². The number of nitrogens with zero attached hydrogens (tertiary/aromatic N) is 5. The molecule has 0 saturated heterocycles. The van der Waals surface area contributed by atoms with Crippen molar-refractivity contribution in [2.45, 2.75) is 19.3 Å². The van der Waals surface area contributed by atoms with Gasteiger partial charge < -0.3 is 0 Å². The third-order valence-electron chi connectivity index (χ3n) is 9.70. The van der Waals surface area contributed by atoms with Crippen LogP contribution in [0.5, 0.6) is 0 Å². The molecule has 1 aliphatic heterocycles. The number of hydrogen-bond acceptors (Lipinski definition) is 5. The highest BCUT2D eigenvalue weighted by atomic mass is 14.8. The molecule has 1 aliphatic carbocycles. The van der Waals surface area contributed by atoms with E-state index in [4.69, 9.17) is 15.0 Å². The van der Waals surface area contributed by atoms with Crippen LogP contribution in [0, 0.1) is 5.92 Å². The summed E-state index contributed by atoms with van der Waals surface area (Å²) >= 11 is 0. The molecular formula is C45H33N5. The van der Waals surface area contributed by atoms with Gasteiger partial charge in [-0.2, -0.15) is 0 Å². The molecule has 9 rings (SSSR count). The van der Waals surface area contributed by atoms with Crippen molar-refractivity contribution in [1.82, 2.24) is 19.9 Å². The number of rotatable bonds is 5. The quantitative estimate of drug-likeness (QED) is 0.187. The average molecular weight is 644 g/mol. The predicted octanol–water partition coefficient (Wildman–Crippen LogP) is 10.9. The zero-order chi connectivity index (χ0) is 33.3. The van der Waals surface area contributed by atoms with Crippen LogP contribution in [0.4, 0.5) is 5.69 Å². The minimum atomic E-state index is 0.387. The van der Waals surface area contributed by atoms with E-state index >= 15 is 0 Å². The summed E-state index contributed by atoms with van der Waals surface area (Å²) in [5.74, 6) is 0.387. The maximum Gasteiger partial charge on any atom is 0.0781 e. The van der Waals surface area contributed by atoms with E-state index in [1.54, 1.807) is 12.4 Å². The molecule has 0 fully saturated rings. The molecule has 0 radical (unpaired) electrons. The zero-order valence-corrected chi connectivity index (χ0v) is 27.4. The zero-order valence-electron chi connectivity index (χ0n) is 27.4. The fourth-order valence-corrected chi connectivity index (χ4v) is 7.14. The Kier molecular flexibility index (Phi) is 7.71. The maximum atomic E-state index is 5.28. The van der Waals surface area contributed by atoms with Crippen LogP contribution in [0.3, 0.4) is 0 Å². The number of aromatic nitrogens is 4. The molecule has 5 heterocycles. The number of fused-ring (bicyclic) bond motifs is 4. The van der Waals surface area contributed by atoms with Crippen molar-refractivity contribution in [3.8, 4) is 56.0 Å². The molecule has 1 unspecified atom stereocenters. The molecule has 5 nitrogen and oxygen atoms in total. The first-order valence-electron chi connectivity index (χ1n) is 17.1. The summed E-state index contributed by atoms with van der Waals surface area (Å²) in [4.78, 5) is 24.2. The smallest absolute Gasteiger partial charge is 0.0781 e. The van der Waals surface area contributed by atoms with Gasteiger partial charge in [-0.15, -0.1) is 0 Å². The van der Waals surface area contributed by atoms with Crippen molar-refractivity contribution in [3.63, 3.8) is 0 Å². The molecule has 3 aromatic carbocycles. The normalized spacial score (nSPS) is 16.4. The predicted molar refractivity (Wildman–Crippen MR) is 204 cm³/mol. The van der Waals surface area contributed by atoms with Crippen LogP contribution in [-0.2, 0) is 6.42 Å². The summed E-state index contributed by atoms with van der Waals surface area (Å²) in [7, 11) is 0. The Hall–Kier alpha value is -6.33. The molecule has 0 bridgehead atoms. The lowest BCUT2D eigenvalue weighted by atomic mass is 9.83. The average Bonchev–Trinajstić information content (AvgIpc) is 3.18. The standard InChI is InChI=1S/C45H33N5/c1-2-4-16-40-34(10-3-1)25-39-44(50-41-17-6-5-15-38(41)45(39)49-40)31-20-18-30(19-21-31)32-11-7-12-33(24-32)37-26-42(35-13-8-22-46-28-35)48-43(27-37)36-14-9-23-47-29-36/h1-2,4-9,11-24,26-29,34H,3,10,25H2/b2-1-,16-4-. The summed E-state index contributed by atoms with van der Waals surface area (Å²) < 4.78 is 0. The summed E-state index contributed by atoms with van der Waals surface area (Å²) in [6.45, 7) is 0. The van der Waals surface area contributed by atoms with Crippen LogP contribution in [-0.4, -0.2) is 25.6 Å². The number of pyridine rings is 4. The molecule has 2 aliphatic rings. The summed E-state index contributed by atoms with van der Waals surface area (Å²) in [6, 6.07) is 38.2. The van der Waals surface area contributed by atoms with Gasteiger partial charge in [0.2, 0.25) is 0 Å². The van der Waals surface area contributed by atoms with E-state index in [-0.39, 0.29) is 0 Å². The number of hydrogen-bond donors (Lipinski definition) is 0. The molecule has 5 heteroatoms. The Morgan fingerprint density at radius 1 is 0.560 bits per heavy atom. The van der Waals surface area contributed by atoms with Crippen molar-refractivity contribution in [2.24, 2.45) is 10.9 Å². The van der Waals surface area contributed by atoms with E-state index in [0.29, 0.717) is 5.92 Å². The topological polar surface area (TPSA) is 63.9 Å². The van der Waals surface area contributed by atoms with Gasteiger partial charge in [0, 0.05) is 64.1 Å². The Morgan fingerprint density at radius 3 is 2.00 bits per heavy atom. The first kappa shape index (κ1) is 29.8. The van der Waals surface area contributed by atoms with E-state index in [2.05, 4.69) is 119 Å². The molecule has 0 amide bonds. The summed E-state index contributed by atoms with van der Waals surface area (Å²) in [5.41, 5.74) is 14.8. The molecule has 238 valence electrons. The van der Waals surface area contributed by atoms with Crippen LogP contribution in [0.2, 0.25) is 0 Å². The Morgan fingerprint density at radius 2 is 1.26 bits per heavy atom. The second-order valence-electron chi connectivity index (χ2n) is 12.9. The number of benzene rings is 3. The van der Waals surface area contributed by atoms with E-state index in [9.17, 15) is 0 Å². The number of allylic oxidation sites excluding steroid dienone is 4. The van der Waals surface area contributed by atoms with Gasteiger partial charge >= 0.3 is 0 Å². The van der Waals surface area contributed by atoms with E-state index in [1.807, 2.05) is 36.7 Å². The van der Waals surface area contributed by atoms with E-state index < -0.39 is 0 Å². The van der Waals surface area contributed by atoms with Crippen molar-refractivity contribution in [2.75, 3.05) is 0 Å². The molecule has 7 aromatic rings. The first-order chi connectivity index (χ1) is 24.8. The second-order valence-corrected chi connectivity index (χ2v) is 12.9. The number of aliphatic imine (C=N–C) groups is 1. The van der Waals surface area contributed by atoms with Gasteiger partial charge in [0.05, 0.1) is 28.3 Å². The van der Waals surface area contributed by atoms with E-state index in [0.717, 1.165) is 91.9 Å². The van der Waals surface area contributed by atoms with Gasteiger partial charge in [-0.3, -0.25) is 15.0 Å². The van der Waals surface area contributed by atoms with Gasteiger partial charge in [0.25, 0.3) is 0 Å². The lowest BCUT2D eigenvalue weighted by molar-refractivity contribution is 0.624. The SMILES string of the molecule is C1=C\CCC2Cc3c(-c4ccc(-c5cccc(-c6cc(-c7cccnc7)nc(-c7cccnc7)c6)c5)cc4)nc4ccccc4c3N=C2\C=C/1. The van der Waals surface area contributed by atoms with Crippen molar-refractivity contribution in [3.05, 3.63) is 164 Å². The highest BCUT2D eigenvalue weighted by Crippen LogP contribution is 2.42. The third kappa shape index (κ3) is 5.73. The molecule has 1 atom stereocenters. The minimum Gasteiger partial charge on any atom is -0.264 e. The maximum absolute atomic E-state index is 5.28. The van der Waals surface area contributed by atoms with Crippen molar-refractivity contribution in [1.29, 1.82) is 0 Å². The van der Waals surface area contributed by atoms with Crippen LogP contribution in [0.1, 0.15) is 18.4 Å². The minimum absolute atomic E-state index is 0.387. The largest absolute Gasteiger partial charge is 0.264 e. The summed E-state index contributed by atoms with van der Waals surface area (Å²) in [6.07, 6.45) is 19.1.